The lowest BCUT2D eigenvalue weighted by Gasteiger charge is -2.11. The highest BCUT2D eigenvalue weighted by molar-refractivity contribution is 9.11. The van der Waals surface area contributed by atoms with E-state index in [0.29, 0.717) is 12.3 Å². The monoisotopic (exact) mass is 405 g/mol. The molecule has 0 atom stereocenters. The first kappa shape index (κ1) is 15.3. The van der Waals surface area contributed by atoms with Crippen molar-refractivity contribution in [3.8, 4) is 5.75 Å². The van der Waals surface area contributed by atoms with Crippen LogP contribution in [0.2, 0.25) is 0 Å². The Labute approximate surface area is 132 Å². The van der Waals surface area contributed by atoms with Gasteiger partial charge in [0.05, 0.1) is 21.7 Å². The maximum Gasteiger partial charge on any atom is 0.149 e. The minimum Gasteiger partial charge on any atom is -0.494 e. The van der Waals surface area contributed by atoms with Crippen LogP contribution in [-0.4, -0.2) is 7.11 Å². The number of benzene rings is 2. The van der Waals surface area contributed by atoms with Gasteiger partial charge in [-0.3, -0.25) is 0 Å². The van der Waals surface area contributed by atoms with Crippen molar-refractivity contribution in [3.05, 3.63) is 56.5 Å². The van der Waals surface area contributed by atoms with Gasteiger partial charge in [0, 0.05) is 12.6 Å². The minimum atomic E-state index is -0.614. The van der Waals surface area contributed by atoms with Crippen LogP contribution in [0.15, 0.2) is 39.3 Å². The average Bonchev–Trinajstić information content (AvgIpc) is 2.37. The maximum atomic E-state index is 13.5. The Morgan fingerprint density at radius 1 is 1.10 bits per heavy atom. The Kier molecular flexibility index (Phi) is 4.99. The van der Waals surface area contributed by atoms with E-state index in [-0.39, 0.29) is 5.69 Å². The summed E-state index contributed by atoms with van der Waals surface area (Å²) in [6.45, 7) is 0.406. The molecule has 0 bridgehead atoms. The van der Waals surface area contributed by atoms with E-state index in [9.17, 15) is 8.78 Å². The Hall–Kier alpha value is -1.14. The molecule has 0 aromatic heterocycles. The van der Waals surface area contributed by atoms with Gasteiger partial charge in [0.15, 0.2) is 0 Å². The van der Waals surface area contributed by atoms with E-state index in [1.165, 1.54) is 12.1 Å². The maximum absolute atomic E-state index is 13.5. The number of halogens is 4. The van der Waals surface area contributed by atoms with E-state index < -0.39 is 11.6 Å². The molecule has 0 aliphatic carbocycles. The van der Waals surface area contributed by atoms with Gasteiger partial charge in [-0.25, -0.2) is 8.78 Å². The van der Waals surface area contributed by atoms with Gasteiger partial charge in [-0.05, 0) is 61.7 Å². The number of nitrogens with one attached hydrogen (secondary N) is 1. The number of ether oxygens (including phenoxy) is 1. The molecule has 20 heavy (non-hydrogen) atoms. The van der Waals surface area contributed by atoms with Gasteiger partial charge in [-0.15, -0.1) is 0 Å². The number of rotatable bonds is 4. The first-order valence-corrected chi connectivity index (χ1v) is 7.30. The molecular weight excluding hydrogens is 396 g/mol. The quantitative estimate of drug-likeness (QED) is 0.761. The largest absolute Gasteiger partial charge is 0.494 e. The van der Waals surface area contributed by atoms with Crippen molar-refractivity contribution in [2.75, 3.05) is 12.4 Å². The Morgan fingerprint density at radius 3 is 2.30 bits per heavy atom. The highest BCUT2D eigenvalue weighted by Gasteiger charge is 2.09. The molecule has 0 spiro atoms. The van der Waals surface area contributed by atoms with Crippen LogP contribution in [0, 0.1) is 11.6 Å². The van der Waals surface area contributed by atoms with Crippen LogP contribution in [-0.2, 0) is 6.54 Å². The number of methoxy groups -OCH3 is 1. The van der Waals surface area contributed by atoms with Gasteiger partial charge in [0.25, 0.3) is 0 Å². The SMILES string of the molecule is COc1c(Br)cc(CNc2ccc(F)cc2F)cc1Br. The molecule has 2 aromatic carbocycles. The van der Waals surface area contributed by atoms with Crippen molar-refractivity contribution in [1.82, 2.24) is 0 Å². The lowest BCUT2D eigenvalue weighted by atomic mass is 10.2. The fourth-order valence-electron chi connectivity index (χ4n) is 1.74. The van der Waals surface area contributed by atoms with Gasteiger partial charge in [-0.1, -0.05) is 0 Å². The molecule has 0 radical (unpaired) electrons. The van der Waals surface area contributed by atoms with Crippen LogP contribution in [0.25, 0.3) is 0 Å². The molecule has 2 rings (SSSR count). The summed E-state index contributed by atoms with van der Waals surface area (Å²) in [4.78, 5) is 0. The van der Waals surface area contributed by atoms with Crippen LogP contribution < -0.4 is 10.1 Å². The summed E-state index contributed by atoms with van der Waals surface area (Å²) in [7, 11) is 1.58. The highest BCUT2D eigenvalue weighted by atomic mass is 79.9. The minimum absolute atomic E-state index is 0.259. The van der Waals surface area contributed by atoms with Crippen LogP contribution in [0.3, 0.4) is 0 Å². The third-order valence-corrected chi connectivity index (χ3v) is 3.85. The van der Waals surface area contributed by atoms with Crippen molar-refractivity contribution in [2.24, 2.45) is 0 Å². The molecule has 0 saturated heterocycles. The van der Waals surface area contributed by atoms with Crippen molar-refractivity contribution >= 4 is 37.5 Å². The Morgan fingerprint density at radius 2 is 1.75 bits per heavy atom. The number of anilines is 1. The topological polar surface area (TPSA) is 21.3 Å². The molecule has 0 fully saturated rings. The predicted molar refractivity (Wildman–Crippen MR) is 82.1 cm³/mol. The smallest absolute Gasteiger partial charge is 0.149 e. The molecule has 1 N–H and O–H groups in total. The van der Waals surface area contributed by atoms with E-state index >= 15 is 0 Å². The third-order valence-electron chi connectivity index (χ3n) is 2.68. The predicted octanol–water partition coefficient (Wildman–Crippen LogP) is 5.11. The van der Waals surface area contributed by atoms with Crippen molar-refractivity contribution in [2.45, 2.75) is 6.54 Å². The number of hydrogen-bond donors (Lipinski definition) is 1. The van der Waals surface area contributed by atoms with E-state index in [1.807, 2.05) is 12.1 Å². The van der Waals surface area contributed by atoms with E-state index in [0.717, 1.165) is 20.6 Å². The molecule has 6 heteroatoms. The molecule has 0 aliphatic heterocycles. The highest BCUT2D eigenvalue weighted by Crippen LogP contribution is 2.34. The van der Waals surface area contributed by atoms with Gasteiger partial charge >= 0.3 is 0 Å². The zero-order valence-corrected chi connectivity index (χ0v) is 13.7. The van der Waals surface area contributed by atoms with Crippen molar-refractivity contribution < 1.29 is 13.5 Å². The fourth-order valence-corrected chi connectivity index (χ4v) is 3.34. The zero-order chi connectivity index (χ0) is 14.7. The molecule has 0 saturated carbocycles. The average molecular weight is 407 g/mol. The molecule has 106 valence electrons. The molecule has 0 aliphatic rings. The third kappa shape index (κ3) is 3.49. The Balaban J connectivity index is 2.15. The molecule has 2 aromatic rings. The second kappa shape index (κ2) is 6.54. The summed E-state index contributed by atoms with van der Waals surface area (Å²) >= 11 is 6.80. The molecule has 0 unspecified atom stereocenters. The lowest BCUT2D eigenvalue weighted by molar-refractivity contribution is 0.409. The van der Waals surface area contributed by atoms with Gasteiger partial charge < -0.3 is 10.1 Å². The van der Waals surface area contributed by atoms with E-state index in [2.05, 4.69) is 37.2 Å². The summed E-state index contributed by atoms with van der Waals surface area (Å²) in [6.07, 6.45) is 0. The first-order valence-electron chi connectivity index (χ1n) is 5.72. The van der Waals surface area contributed by atoms with Gasteiger partial charge in [-0.2, -0.15) is 0 Å². The van der Waals surface area contributed by atoms with Crippen LogP contribution in [0.4, 0.5) is 14.5 Å². The molecule has 2 nitrogen and oxygen atoms in total. The summed E-state index contributed by atoms with van der Waals surface area (Å²) in [5, 5.41) is 2.92. The summed E-state index contributed by atoms with van der Waals surface area (Å²) in [5.41, 5.74) is 1.18. The second-order valence-electron chi connectivity index (χ2n) is 4.07. The standard InChI is InChI=1S/C14H11Br2F2NO/c1-20-14-10(15)4-8(5-11(14)16)7-19-13-3-2-9(17)6-12(13)18/h2-6,19H,7H2,1H3. The second-order valence-corrected chi connectivity index (χ2v) is 5.78. The fraction of sp³-hybridized carbons (Fsp3) is 0.143. The van der Waals surface area contributed by atoms with Crippen LogP contribution >= 0.6 is 31.9 Å². The summed E-state index contributed by atoms with van der Waals surface area (Å²) in [5.74, 6) is -0.513. The summed E-state index contributed by atoms with van der Waals surface area (Å²) in [6, 6.07) is 7.18. The Bertz CT molecular complexity index is 612. The lowest BCUT2D eigenvalue weighted by Crippen LogP contribution is -2.02. The van der Waals surface area contributed by atoms with Gasteiger partial charge in [0.1, 0.15) is 17.4 Å². The van der Waals surface area contributed by atoms with Crippen molar-refractivity contribution in [3.63, 3.8) is 0 Å². The van der Waals surface area contributed by atoms with Crippen molar-refractivity contribution in [1.29, 1.82) is 0 Å². The van der Waals surface area contributed by atoms with Crippen LogP contribution in [0.1, 0.15) is 5.56 Å². The number of hydrogen-bond acceptors (Lipinski definition) is 2. The first-order chi connectivity index (χ1) is 9.51. The van der Waals surface area contributed by atoms with E-state index in [1.54, 1.807) is 7.11 Å². The molecule has 0 amide bonds. The zero-order valence-electron chi connectivity index (χ0n) is 10.5. The molecular formula is C14H11Br2F2NO. The normalized spacial score (nSPS) is 10.4. The molecule has 0 heterocycles. The van der Waals surface area contributed by atoms with Gasteiger partial charge in [0.2, 0.25) is 0 Å². The van der Waals surface area contributed by atoms with E-state index in [4.69, 9.17) is 4.74 Å². The summed E-state index contributed by atoms with van der Waals surface area (Å²) < 4.78 is 33.1. The van der Waals surface area contributed by atoms with Crippen LogP contribution in [0.5, 0.6) is 5.75 Å².